The van der Waals surface area contributed by atoms with E-state index in [1.165, 1.54) is 12.0 Å². The number of carbonyl (C=O) groups is 1. The molecule has 2 aromatic rings. The lowest BCUT2D eigenvalue weighted by Gasteiger charge is -2.22. The van der Waals surface area contributed by atoms with E-state index in [4.69, 9.17) is 0 Å². The van der Waals surface area contributed by atoms with Gasteiger partial charge >= 0.3 is 5.97 Å². The van der Waals surface area contributed by atoms with Gasteiger partial charge < -0.3 is 5.11 Å². The predicted molar refractivity (Wildman–Crippen MR) is 88.2 cm³/mol. The summed E-state index contributed by atoms with van der Waals surface area (Å²) in [6.07, 6.45) is 5.53. The average Bonchev–Trinajstić information content (AvgIpc) is 3.01. The summed E-state index contributed by atoms with van der Waals surface area (Å²) < 4.78 is 1.73. The monoisotopic (exact) mass is 313 g/mol. The lowest BCUT2D eigenvalue weighted by Crippen LogP contribution is -2.14. The van der Waals surface area contributed by atoms with Crippen LogP contribution in [0, 0.1) is 0 Å². The van der Waals surface area contributed by atoms with Crippen molar-refractivity contribution in [3.8, 4) is 5.69 Å². The van der Waals surface area contributed by atoms with Crippen molar-refractivity contribution < 1.29 is 9.90 Å². The zero-order valence-corrected chi connectivity index (χ0v) is 13.7. The van der Waals surface area contributed by atoms with E-state index in [1.54, 1.807) is 4.68 Å². The Kier molecular flexibility index (Phi) is 4.46. The van der Waals surface area contributed by atoms with E-state index in [-0.39, 0.29) is 11.6 Å². The normalized spacial score (nSPS) is 16.0. The van der Waals surface area contributed by atoms with Crippen LogP contribution >= 0.6 is 0 Å². The second kappa shape index (κ2) is 6.52. The van der Waals surface area contributed by atoms with Gasteiger partial charge in [0.05, 0.1) is 11.4 Å². The van der Waals surface area contributed by atoms with Crippen molar-refractivity contribution in [1.29, 1.82) is 0 Å². The molecule has 3 rings (SSSR count). The summed E-state index contributed by atoms with van der Waals surface area (Å²) in [4.78, 5) is 11.5. The first kappa shape index (κ1) is 15.7. The number of benzene rings is 1. The number of aromatic carboxylic acids is 1. The smallest absolute Gasteiger partial charge is 0.358 e. The van der Waals surface area contributed by atoms with Gasteiger partial charge in [-0.05, 0) is 36.5 Å². The molecule has 1 N–H and O–H groups in total. The lowest BCUT2D eigenvalue weighted by atomic mass is 9.86. The van der Waals surface area contributed by atoms with Crippen LogP contribution in [0.2, 0.25) is 0 Å². The maximum atomic E-state index is 11.5. The average molecular weight is 313 g/mol. The molecule has 0 atom stereocenters. The van der Waals surface area contributed by atoms with Gasteiger partial charge in [-0.1, -0.05) is 50.5 Å². The summed E-state index contributed by atoms with van der Waals surface area (Å²) in [6.45, 7) is 4.31. The SMILES string of the molecule is CC(C)c1ccc(-n2nnc(C(=O)O)c2C2CCCCC2)cc1. The number of aromatic nitrogens is 3. The van der Waals surface area contributed by atoms with E-state index in [2.05, 4.69) is 36.3 Å². The standard InChI is InChI=1S/C18H23N3O2/c1-12(2)13-8-10-15(11-9-13)21-17(14-6-4-3-5-7-14)16(18(22)23)19-20-21/h8-12,14H,3-7H2,1-2H3,(H,22,23). The Labute approximate surface area is 136 Å². The molecule has 0 unspecified atom stereocenters. The maximum absolute atomic E-state index is 11.5. The molecule has 1 aliphatic carbocycles. The van der Waals surface area contributed by atoms with Gasteiger partial charge in [0, 0.05) is 5.92 Å². The quantitative estimate of drug-likeness (QED) is 0.921. The van der Waals surface area contributed by atoms with Crippen LogP contribution in [0.1, 0.15) is 79.5 Å². The molecule has 1 aliphatic rings. The fourth-order valence-electron chi connectivity index (χ4n) is 3.37. The van der Waals surface area contributed by atoms with Crippen molar-refractivity contribution in [1.82, 2.24) is 15.0 Å². The fourth-order valence-corrected chi connectivity index (χ4v) is 3.37. The van der Waals surface area contributed by atoms with E-state index in [0.29, 0.717) is 5.92 Å². The van der Waals surface area contributed by atoms with Gasteiger partial charge in [0.2, 0.25) is 0 Å². The molecule has 0 bridgehead atoms. The van der Waals surface area contributed by atoms with Crippen LogP contribution in [-0.2, 0) is 0 Å². The van der Waals surface area contributed by atoms with Crippen LogP contribution < -0.4 is 0 Å². The summed E-state index contributed by atoms with van der Waals surface area (Å²) in [6, 6.07) is 8.16. The Morgan fingerprint density at radius 2 is 1.83 bits per heavy atom. The van der Waals surface area contributed by atoms with Crippen molar-refractivity contribution in [2.45, 2.75) is 57.8 Å². The number of carboxylic acids is 1. The molecule has 23 heavy (non-hydrogen) atoms. The molecular formula is C18H23N3O2. The van der Waals surface area contributed by atoms with Crippen LogP contribution in [0.15, 0.2) is 24.3 Å². The minimum absolute atomic E-state index is 0.102. The maximum Gasteiger partial charge on any atom is 0.358 e. The summed E-state index contributed by atoms with van der Waals surface area (Å²) >= 11 is 0. The van der Waals surface area contributed by atoms with Crippen molar-refractivity contribution >= 4 is 5.97 Å². The first-order chi connectivity index (χ1) is 11.1. The molecule has 122 valence electrons. The molecule has 0 spiro atoms. The van der Waals surface area contributed by atoms with Gasteiger partial charge in [0.15, 0.2) is 5.69 Å². The summed E-state index contributed by atoms with van der Waals surface area (Å²) in [7, 11) is 0. The molecule has 1 heterocycles. The molecule has 1 aromatic heterocycles. The van der Waals surface area contributed by atoms with Crippen LogP contribution in [0.3, 0.4) is 0 Å². The zero-order chi connectivity index (χ0) is 16.4. The largest absolute Gasteiger partial charge is 0.476 e. The van der Waals surface area contributed by atoms with Gasteiger partial charge in [-0.3, -0.25) is 0 Å². The van der Waals surface area contributed by atoms with Crippen molar-refractivity contribution in [2.24, 2.45) is 0 Å². The summed E-state index contributed by atoms with van der Waals surface area (Å²) in [5.41, 5.74) is 3.00. The first-order valence-corrected chi connectivity index (χ1v) is 8.37. The van der Waals surface area contributed by atoms with E-state index in [0.717, 1.165) is 37.1 Å². The summed E-state index contributed by atoms with van der Waals surface area (Å²) in [5, 5.41) is 17.5. The number of hydrogen-bond acceptors (Lipinski definition) is 3. The topological polar surface area (TPSA) is 68.0 Å². The molecule has 0 amide bonds. The highest BCUT2D eigenvalue weighted by Gasteiger charge is 2.28. The van der Waals surface area contributed by atoms with Crippen molar-refractivity contribution in [3.05, 3.63) is 41.2 Å². The van der Waals surface area contributed by atoms with E-state index in [1.807, 2.05) is 12.1 Å². The minimum atomic E-state index is -0.990. The zero-order valence-electron chi connectivity index (χ0n) is 13.7. The molecule has 0 radical (unpaired) electrons. The molecule has 5 nitrogen and oxygen atoms in total. The van der Waals surface area contributed by atoms with E-state index < -0.39 is 5.97 Å². The third-order valence-electron chi connectivity index (χ3n) is 4.70. The molecule has 1 fully saturated rings. The van der Waals surface area contributed by atoms with Crippen molar-refractivity contribution in [2.75, 3.05) is 0 Å². The molecule has 0 saturated heterocycles. The van der Waals surface area contributed by atoms with Crippen molar-refractivity contribution in [3.63, 3.8) is 0 Å². The minimum Gasteiger partial charge on any atom is -0.476 e. The van der Waals surface area contributed by atoms with E-state index >= 15 is 0 Å². The Balaban J connectivity index is 2.02. The van der Waals surface area contributed by atoms with E-state index in [9.17, 15) is 9.90 Å². The second-order valence-electron chi connectivity index (χ2n) is 6.62. The Morgan fingerprint density at radius 3 is 2.39 bits per heavy atom. The highest BCUT2D eigenvalue weighted by Crippen LogP contribution is 2.35. The van der Waals surface area contributed by atoms with Crippen LogP contribution in [-0.4, -0.2) is 26.1 Å². The predicted octanol–water partition coefficient (Wildman–Crippen LogP) is 4.14. The molecule has 5 heteroatoms. The van der Waals surface area contributed by atoms with Gasteiger partial charge in [-0.2, -0.15) is 0 Å². The van der Waals surface area contributed by atoms with Crippen LogP contribution in [0.25, 0.3) is 5.69 Å². The van der Waals surface area contributed by atoms with Gasteiger partial charge in [0.25, 0.3) is 0 Å². The summed E-state index contributed by atoms with van der Waals surface area (Å²) in [5.74, 6) is -0.294. The number of hydrogen-bond donors (Lipinski definition) is 1. The Hall–Kier alpha value is -2.17. The number of rotatable bonds is 4. The third kappa shape index (κ3) is 3.14. The molecule has 1 saturated carbocycles. The molecule has 0 aliphatic heterocycles. The molecule has 1 aromatic carbocycles. The number of nitrogens with zero attached hydrogens (tertiary/aromatic N) is 3. The fraction of sp³-hybridized carbons (Fsp3) is 0.500. The Bertz CT molecular complexity index is 683. The third-order valence-corrected chi connectivity index (χ3v) is 4.70. The first-order valence-electron chi connectivity index (χ1n) is 8.37. The van der Waals surface area contributed by atoms with Gasteiger partial charge in [-0.15, -0.1) is 5.10 Å². The highest BCUT2D eigenvalue weighted by atomic mass is 16.4. The molecular weight excluding hydrogens is 290 g/mol. The van der Waals surface area contributed by atoms with Gasteiger partial charge in [0.1, 0.15) is 0 Å². The van der Waals surface area contributed by atoms with Gasteiger partial charge in [-0.25, -0.2) is 9.48 Å². The highest BCUT2D eigenvalue weighted by molar-refractivity contribution is 5.86. The van der Waals surface area contributed by atoms with Crippen LogP contribution in [0.4, 0.5) is 0 Å². The second-order valence-corrected chi connectivity index (χ2v) is 6.62. The lowest BCUT2D eigenvalue weighted by molar-refractivity contribution is 0.0688. The van der Waals surface area contributed by atoms with Crippen LogP contribution in [0.5, 0.6) is 0 Å². The Morgan fingerprint density at radius 1 is 1.17 bits per heavy atom. The number of carboxylic acid groups (broad SMARTS) is 1.